The Labute approximate surface area is 151 Å². The third-order valence-electron chi connectivity index (χ3n) is 2.88. The maximum atomic E-state index is 2.40. The van der Waals surface area contributed by atoms with Crippen LogP contribution in [0, 0.1) is 0 Å². The van der Waals surface area contributed by atoms with Crippen molar-refractivity contribution in [2.75, 3.05) is 19.5 Å². The minimum absolute atomic E-state index is 0. The van der Waals surface area contributed by atoms with Crippen LogP contribution < -0.4 is 0 Å². The molecule has 5 heteroatoms. The molecule has 1 atom stereocenters. The maximum absolute atomic E-state index is 2.40. The molecule has 112 valence electrons. The van der Waals surface area contributed by atoms with Crippen molar-refractivity contribution in [3.05, 3.63) is 58.0 Å². The molecule has 0 N–H and O–H groups in total. The van der Waals surface area contributed by atoms with Gasteiger partial charge in [0, 0.05) is 0 Å². The fourth-order valence-electron chi connectivity index (χ4n) is 2.06. The summed E-state index contributed by atoms with van der Waals surface area (Å²) in [7, 11) is 0.200. The van der Waals surface area contributed by atoms with Gasteiger partial charge in [-0.1, -0.05) is 0 Å². The van der Waals surface area contributed by atoms with E-state index in [0.717, 1.165) is 4.22 Å². The summed E-state index contributed by atoms with van der Waals surface area (Å²) in [5.41, 5.74) is 1.57. The smallest absolute Gasteiger partial charge is 0.147 e. The predicted octanol–water partition coefficient (Wildman–Crippen LogP) is 5.66. The van der Waals surface area contributed by atoms with Gasteiger partial charge in [0.1, 0.15) is 0 Å². The topological polar surface area (TPSA) is 0 Å². The second-order valence-corrected chi connectivity index (χ2v) is 9.76. The van der Waals surface area contributed by atoms with Crippen LogP contribution in [0.15, 0.2) is 52.4 Å². The Morgan fingerprint density at radius 2 is 1.75 bits per heavy atom. The van der Waals surface area contributed by atoms with E-state index in [2.05, 4.69) is 61.9 Å². The summed E-state index contributed by atoms with van der Waals surface area (Å²) in [6.45, 7) is 4.80. The van der Waals surface area contributed by atoms with Crippen LogP contribution in [0.4, 0.5) is 0 Å². The van der Waals surface area contributed by atoms with Crippen LogP contribution in [0.3, 0.4) is 0 Å². The monoisotopic (exact) mass is 386 g/mol. The van der Waals surface area contributed by atoms with Crippen LogP contribution in [-0.4, -0.2) is 19.5 Å². The predicted molar refractivity (Wildman–Crippen MR) is 96.4 cm³/mol. The molecular formula is C15H22Cl3PTi. The molecule has 0 saturated carbocycles. The first-order chi connectivity index (χ1) is 8.25. The SMILES string of the molecule is CP(C)C[CH]([Ti][C]1=CC=CC1)c1ccccc1.Cl.Cl.Cl. The third kappa shape index (κ3) is 7.65. The molecule has 2 rings (SSSR count). The molecule has 1 aromatic carbocycles. The number of benzene rings is 1. The first-order valence-corrected chi connectivity index (χ1v) is 10.2. The van der Waals surface area contributed by atoms with Crippen molar-refractivity contribution in [2.24, 2.45) is 0 Å². The molecule has 1 aromatic rings. The fraction of sp³-hybridized carbons (Fsp3) is 0.333. The van der Waals surface area contributed by atoms with Crippen LogP contribution in [0.25, 0.3) is 0 Å². The molecule has 0 saturated heterocycles. The molecule has 0 nitrogen and oxygen atoms in total. The minimum atomic E-state index is 0. The molecular weight excluding hydrogens is 365 g/mol. The van der Waals surface area contributed by atoms with Crippen LogP contribution in [0.2, 0.25) is 0 Å². The van der Waals surface area contributed by atoms with E-state index in [1.54, 1.807) is 9.44 Å². The molecule has 0 aliphatic heterocycles. The average molecular weight is 388 g/mol. The zero-order chi connectivity index (χ0) is 12.1. The number of allylic oxidation sites excluding steroid dienone is 4. The van der Waals surface area contributed by atoms with E-state index in [0.29, 0.717) is 0 Å². The molecule has 0 bridgehead atoms. The Hall–Kier alpha value is 0.714. The molecule has 1 aliphatic carbocycles. The van der Waals surface area contributed by atoms with Gasteiger partial charge in [-0.3, -0.25) is 0 Å². The Bertz CT molecular complexity index is 418. The molecule has 0 spiro atoms. The zero-order valence-electron chi connectivity index (χ0n) is 11.8. The van der Waals surface area contributed by atoms with E-state index >= 15 is 0 Å². The molecule has 1 aliphatic rings. The molecule has 0 aromatic heterocycles. The summed E-state index contributed by atoms with van der Waals surface area (Å²) in [6.07, 6.45) is 9.48. The van der Waals surface area contributed by atoms with Crippen molar-refractivity contribution in [1.29, 1.82) is 0 Å². The Morgan fingerprint density at radius 1 is 1.10 bits per heavy atom. The van der Waals surface area contributed by atoms with Crippen LogP contribution in [-0.2, 0) is 19.2 Å². The molecule has 20 heavy (non-hydrogen) atoms. The first-order valence-electron chi connectivity index (χ1n) is 6.07. The number of hydrogen-bond acceptors (Lipinski definition) is 0. The summed E-state index contributed by atoms with van der Waals surface area (Å²) in [4.78, 5) is 0. The average Bonchev–Trinajstić information content (AvgIpc) is 2.82. The van der Waals surface area contributed by atoms with Gasteiger partial charge in [-0.15, -0.1) is 37.2 Å². The first kappa shape index (κ1) is 23.0. The van der Waals surface area contributed by atoms with Crippen molar-refractivity contribution >= 4 is 45.1 Å². The van der Waals surface area contributed by atoms with Crippen LogP contribution in [0.1, 0.15) is 16.2 Å². The molecule has 0 fully saturated rings. The van der Waals surface area contributed by atoms with Gasteiger partial charge in [0.05, 0.1) is 0 Å². The largest absolute Gasteiger partial charge is 0.147 e. The van der Waals surface area contributed by atoms with Gasteiger partial charge < -0.3 is 0 Å². The van der Waals surface area contributed by atoms with Crippen molar-refractivity contribution in [1.82, 2.24) is 0 Å². The van der Waals surface area contributed by atoms with Gasteiger partial charge in [0.2, 0.25) is 0 Å². The summed E-state index contributed by atoms with van der Waals surface area (Å²) >= 11 is 0.0113. The maximum Gasteiger partial charge on any atom is -0.147 e. The number of rotatable bonds is 5. The number of halogens is 3. The van der Waals surface area contributed by atoms with Gasteiger partial charge in [-0.25, -0.2) is 0 Å². The van der Waals surface area contributed by atoms with E-state index in [9.17, 15) is 0 Å². The van der Waals surface area contributed by atoms with Gasteiger partial charge in [-0.2, -0.15) is 0 Å². The van der Waals surface area contributed by atoms with Gasteiger partial charge in [0.15, 0.2) is 0 Å². The second-order valence-electron chi connectivity index (χ2n) is 4.69. The van der Waals surface area contributed by atoms with Gasteiger partial charge in [0.25, 0.3) is 0 Å². The Balaban J connectivity index is 0. The summed E-state index contributed by atoms with van der Waals surface area (Å²) in [5.74, 6) is 0. The second kappa shape index (κ2) is 12.3. The van der Waals surface area contributed by atoms with Crippen molar-refractivity contribution in [2.45, 2.75) is 10.6 Å². The van der Waals surface area contributed by atoms with Crippen LogP contribution >= 0.6 is 45.1 Å². The van der Waals surface area contributed by atoms with E-state index in [4.69, 9.17) is 0 Å². The Morgan fingerprint density at radius 3 is 2.25 bits per heavy atom. The standard InChI is InChI=1S/C10H14P.C5H5.3ClH.Ti/c1-11(2)9-8-10-6-4-3-5-7-10;1-2-4-5-3-1;;;;/h3-8H,9H2,1-2H3;1-3H,4H2;3*1H;. The van der Waals surface area contributed by atoms with E-state index in [-0.39, 0.29) is 64.3 Å². The normalized spacial score (nSPS) is 13.7. The quantitative estimate of drug-likeness (QED) is 0.452. The van der Waals surface area contributed by atoms with Crippen molar-refractivity contribution in [3.8, 4) is 0 Å². The minimum Gasteiger partial charge on any atom is -0.147 e. The zero-order valence-corrected chi connectivity index (χ0v) is 16.7. The van der Waals surface area contributed by atoms with Crippen molar-refractivity contribution in [3.63, 3.8) is 0 Å². The molecule has 1 unspecified atom stereocenters. The van der Waals surface area contributed by atoms with Gasteiger partial charge in [-0.05, 0) is 0 Å². The molecule has 0 radical (unpaired) electrons. The van der Waals surface area contributed by atoms with E-state index in [1.807, 2.05) is 0 Å². The van der Waals surface area contributed by atoms with E-state index in [1.165, 1.54) is 12.6 Å². The van der Waals surface area contributed by atoms with Gasteiger partial charge >= 0.3 is 115 Å². The summed E-state index contributed by atoms with van der Waals surface area (Å²) in [6, 6.07) is 11.1. The number of hydrogen-bond donors (Lipinski definition) is 0. The van der Waals surface area contributed by atoms with Crippen molar-refractivity contribution < 1.29 is 19.2 Å². The fourth-order valence-corrected chi connectivity index (χ4v) is 7.16. The van der Waals surface area contributed by atoms with E-state index < -0.39 is 0 Å². The third-order valence-corrected chi connectivity index (χ3v) is 7.05. The molecule has 0 amide bonds. The summed E-state index contributed by atoms with van der Waals surface area (Å²) in [5, 5.41) is 0. The molecule has 0 heterocycles. The van der Waals surface area contributed by atoms with Crippen LogP contribution in [0.5, 0.6) is 0 Å². The Kier molecular flexibility index (Phi) is 14.1. The summed E-state index contributed by atoms with van der Waals surface area (Å²) < 4.78 is 2.55.